The Morgan fingerprint density at radius 1 is 0.667 bits per heavy atom. The highest BCUT2D eigenvalue weighted by molar-refractivity contribution is 9.11. The zero-order valence-electron chi connectivity index (χ0n) is 21.9. The van der Waals surface area contributed by atoms with Gasteiger partial charge in [0.2, 0.25) is 0 Å². The molecule has 2 amide bonds. The van der Waals surface area contributed by atoms with Crippen molar-refractivity contribution >= 4 is 66.4 Å². The molecule has 0 saturated carbocycles. The third kappa shape index (κ3) is 7.59. The molecule has 1 aliphatic heterocycles. The van der Waals surface area contributed by atoms with Gasteiger partial charge in [0.25, 0.3) is 11.8 Å². The molecule has 0 radical (unpaired) electrons. The molecule has 1 aliphatic rings. The first-order valence-corrected chi connectivity index (χ1v) is 16.3. The molecule has 5 nitrogen and oxygen atoms in total. The molecule has 2 aromatic rings. The van der Waals surface area contributed by atoms with Gasteiger partial charge in [-0.3, -0.25) is 14.5 Å². The lowest BCUT2D eigenvalue weighted by atomic mass is 9.93. The number of fused-ring (bicyclic) bond motifs is 2. The van der Waals surface area contributed by atoms with E-state index in [1.165, 1.54) is 94.8 Å². The molecular formula is C28H41Br2N3O2S. The minimum Gasteiger partial charge on any atom is -0.274 e. The Balaban J connectivity index is 1.61. The van der Waals surface area contributed by atoms with Crippen molar-refractivity contribution < 1.29 is 9.59 Å². The lowest BCUT2D eigenvalue weighted by Crippen LogP contribution is -2.34. The van der Waals surface area contributed by atoms with Crippen LogP contribution in [0.3, 0.4) is 0 Å². The topological polar surface area (TPSA) is 63.2 Å². The Kier molecular flexibility index (Phi) is 12.8. The zero-order chi connectivity index (χ0) is 25.9. The number of aromatic nitrogens is 2. The van der Waals surface area contributed by atoms with E-state index in [1.54, 1.807) is 0 Å². The molecule has 36 heavy (non-hydrogen) atoms. The Hall–Kier alpha value is -0.860. The fourth-order valence-corrected chi connectivity index (χ4v) is 7.31. The van der Waals surface area contributed by atoms with E-state index in [1.807, 2.05) is 0 Å². The molecule has 2 heterocycles. The largest absolute Gasteiger partial charge is 0.274 e. The number of hydrogen-bond acceptors (Lipinski definition) is 5. The van der Waals surface area contributed by atoms with Crippen LogP contribution in [-0.2, 0) is 0 Å². The molecular weight excluding hydrogens is 602 g/mol. The van der Waals surface area contributed by atoms with Crippen molar-refractivity contribution in [2.45, 2.75) is 117 Å². The average Bonchev–Trinajstić information content (AvgIpc) is 3.46. The highest BCUT2D eigenvalue weighted by atomic mass is 79.9. The summed E-state index contributed by atoms with van der Waals surface area (Å²) in [5.41, 5.74) is 2.13. The summed E-state index contributed by atoms with van der Waals surface area (Å²) < 4.78 is 9.82. The van der Waals surface area contributed by atoms with Crippen molar-refractivity contribution in [2.75, 3.05) is 6.54 Å². The molecule has 0 saturated heterocycles. The van der Waals surface area contributed by atoms with Crippen molar-refractivity contribution in [3.05, 3.63) is 20.1 Å². The molecule has 200 valence electrons. The SMILES string of the molecule is CCCCCCCCCCC(CCCCCCCC)CN1C(=O)c2c(c(Br)c3nsnc3c2Br)C1=O. The van der Waals surface area contributed by atoms with Crippen molar-refractivity contribution in [3.8, 4) is 0 Å². The molecule has 0 N–H and O–H groups in total. The first-order valence-electron chi connectivity index (χ1n) is 14.0. The highest BCUT2D eigenvalue weighted by Gasteiger charge is 2.41. The lowest BCUT2D eigenvalue weighted by Gasteiger charge is -2.23. The monoisotopic (exact) mass is 641 g/mol. The first-order chi connectivity index (χ1) is 17.5. The van der Waals surface area contributed by atoms with E-state index in [-0.39, 0.29) is 11.8 Å². The standard InChI is InChI=1S/C28H41Br2N3O2S/c1-3-5-7-9-11-12-14-16-18-20(17-15-13-10-8-6-4-2)19-33-27(34)21-22(28(33)35)24(30)26-25(23(21)29)31-36-32-26/h20H,3-19H2,1-2H3. The minimum atomic E-state index is -0.207. The Morgan fingerprint density at radius 2 is 1.06 bits per heavy atom. The summed E-state index contributed by atoms with van der Waals surface area (Å²) in [7, 11) is 0. The first kappa shape index (κ1) is 29.7. The molecule has 0 spiro atoms. The number of imide groups is 1. The van der Waals surface area contributed by atoms with Crippen LogP contribution in [0.1, 0.15) is 137 Å². The lowest BCUT2D eigenvalue weighted by molar-refractivity contribution is 0.0621. The number of unbranched alkanes of at least 4 members (excludes halogenated alkanes) is 12. The fraction of sp³-hybridized carbons (Fsp3) is 0.714. The number of rotatable bonds is 18. The smallest absolute Gasteiger partial charge is 0.262 e. The second kappa shape index (κ2) is 15.5. The van der Waals surface area contributed by atoms with Crippen LogP contribution in [0.25, 0.3) is 11.0 Å². The molecule has 1 atom stereocenters. The predicted molar refractivity (Wildman–Crippen MR) is 157 cm³/mol. The predicted octanol–water partition coefficient (Wildman–Crippen LogP) is 9.71. The molecule has 0 fully saturated rings. The van der Waals surface area contributed by atoms with E-state index in [0.29, 0.717) is 43.6 Å². The molecule has 1 unspecified atom stereocenters. The van der Waals surface area contributed by atoms with E-state index < -0.39 is 0 Å². The Morgan fingerprint density at radius 3 is 1.47 bits per heavy atom. The summed E-state index contributed by atoms with van der Waals surface area (Å²) in [4.78, 5) is 28.4. The quantitative estimate of drug-likeness (QED) is 0.120. The highest BCUT2D eigenvalue weighted by Crippen LogP contribution is 2.41. The Labute approximate surface area is 237 Å². The van der Waals surface area contributed by atoms with Crippen molar-refractivity contribution in [1.82, 2.24) is 13.6 Å². The van der Waals surface area contributed by atoms with Gasteiger partial charge in [0.15, 0.2) is 0 Å². The van der Waals surface area contributed by atoms with Crippen LogP contribution in [0.15, 0.2) is 8.95 Å². The van der Waals surface area contributed by atoms with Crippen molar-refractivity contribution in [2.24, 2.45) is 5.92 Å². The van der Waals surface area contributed by atoms with E-state index in [0.717, 1.165) is 24.6 Å². The Bertz CT molecular complexity index is 954. The van der Waals surface area contributed by atoms with E-state index in [4.69, 9.17) is 0 Å². The number of halogens is 2. The van der Waals surface area contributed by atoms with Gasteiger partial charge in [0.05, 0.1) is 31.8 Å². The number of benzene rings is 1. The van der Waals surface area contributed by atoms with E-state index in [2.05, 4.69) is 54.5 Å². The van der Waals surface area contributed by atoms with Crippen LogP contribution < -0.4 is 0 Å². The number of carbonyl (C=O) groups is 2. The zero-order valence-corrected chi connectivity index (χ0v) is 25.9. The molecule has 8 heteroatoms. The van der Waals surface area contributed by atoms with Crippen LogP contribution in [0.4, 0.5) is 0 Å². The molecule has 0 bridgehead atoms. The molecule has 1 aromatic carbocycles. The molecule has 0 aliphatic carbocycles. The maximum atomic E-state index is 13.4. The summed E-state index contributed by atoms with van der Waals surface area (Å²) >= 11 is 8.17. The second-order valence-electron chi connectivity index (χ2n) is 10.2. The number of hydrogen-bond donors (Lipinski definition) is 0. The van der Waals surface area contributed by atoms with Gasteiger partial charge in [-0.1, -0.05) is 104 Å². The van der Waals surface area contributed by atoms with Gasteiger partial charge in [-0.25, -0.2) is 0 Å². The maximum absolute atomic E-state index is 13.4. The van der Waals surface area contributed by atoms with Gasteiger partial charge in [-0.15, -0.1) is 0 Å². The van der Waals surface area contributed by atoms with Gasteiger partial charge < -0.3 is 0 Å². The second-order valence-corrected chi connectivity index (χ2v) is 12.4. The summed E-state index contributed by atoms with van der Waals surface area (Å²) in [5.74, 6) is -0.0597. The molecule has 1 aromatic heterocycles. The maximum Gasteiger partial charge on any atom is 0.262 e. The third-order valence-corrected chi connectivity index (χ3v) is 9.46. The summed E-state index contributed by atoms with van der Waals surface area (Å²) in [6, 6.07) is 0. The van der Waals surface area contributed by atoms with Crippen LogP contribution in [0, 0.1) is 5.92 Å². The summed E-state index contributed by atoms with van der Waals surface area (Å²) in [6.07, 6.45) is 20.1. The van der Waals surface area contributed by atoms with Crippen LogP contribution in [-0.4, -0.2) is 32.0 Å². The van der Waals surface area contributed by atoms with Crippen LogP contribution in [0.2, 0.25) is 0 Å². The number of carbonyl (C=O) groups excluding carboxylic acids is 2. The van der Waals surface area contributed by atoms with Gasteiger partial charge >= 0.3 is 0 Å². The number of nitrogens with zero attached hydrogens (tertiary/aromatic N) is 3. The van der Waals surface area contributed by atoms with Gasteiger partial charge in [0, 0.05) is 6.54 Å². The fourth-order valence-electron chi connectivity index (χ4n) is 5.23. The van der Waals surface area contributed by atoms with Gasteiger partial charge in [0.1, 0.15) is 11.0 Å². The third-order valence-electron chi connectivity index (χ3n) is 7.38. The number of amides is 2. The van der Waals surface area contributed by atoms with Crippen molar-refractivity contribution in [3.63, 3.8) is 0 Å². The van der Waals surface area contributed by atoms with Gasteiger partial charge in [-0.2, -0.15) is 8.75 Å². The van der Waals surface area contributed by atoms with Crippen molar-refractivity contribution in [1.29, 1.82) is 0 Å². The summed E-state index contributed by atoms with van der Waals surface area (Å²) in [5, 5.41) is 0. The summed E-state index contributed by atoms with van der Waals surface area (Å²) in [6.45, 7) is 5.00. The van der Waals surface area contributed by atoms with Crippen LogP contribution in [0.5, 0.6) is 0 Å². The molecule has 3 rings (SSSR count). The van der Waals surface area contributed by atoms with E-state index in [9.17, 15) is 9.59 Å². The van der Waals surface area contributed by atoms with Crippen LogP contribution >= 0.6 is 43.6 Å². The van der Waals surface area contributed by atoms with E-state index >= 15 is 0 Å². The average molecular weight is 644 g/mol. The minimum absolute atomic E-state index is 0.207. The van der Waals surface area contributed by atoms with Gasteiger partial charge in [-0.05, 0) is 50.6 Å². The normalized spacial score (nSPS) is 14.3.